The molecule has 0 aliphatic carbocycles. The Morgan fingerprint density at radius 3 is 2.54 bits per heavy atom. The van der Waals surface area contributed by atoms with Crippen molar-refractivity contribution < 1.29 is 9.50 Å². The van der Waals surface area contributed by atoms with Crippen molar-refractivity contribution in [1.29, 1.82) is 0 Å². The lowest BCUT2D eigenvalue weighted by molar-refractivity contribution is 0.158. The molecule has 0 aliphatic rings. The molecule has 4 heteroatoms. The molecule has 1 unspecified atom stereocenters. The minimum absolute atomic E-state index is 0.140. The quantitative estimate of drug-likeness (QED) is 0.574. The number of hydrogen-bond acceptors (Lipinski definition) is 2. The Morgan fingerprint density at radius 2 is 2.00 bits per heavy atom. The first kappa shape index (κ1) is 10.4. The van der Waals surface area contributed by atoms with E-state index in [1.807, 2.05) is 0 Å². The minimum atomic E-state index is -0.716. The zero-order valence-electron chi connectivity index (χ0n) is 7.00. The fraction of sp³-hybridized carbons (Fsp3) is 0.333. The van der Waals surface area contributed by atoms with Crippen LogP contribution in [-0.4, -0.2) is 17.2 Å². The van der Waals surface area contributed by atoms with Crippen molar-refractivity contribution in [2.24, 2.45) is 0 Å². The molecule has 0 bridgehead atoms. The van der Waals surface area contributed by atoms with E-state index in [1.54, 1.807) is 12.1 Å². The Kier molecular flexibility index (Phi) is 4.15. The normalized spacial score (nSPS) is 12.8. The summed E-state index contributed by atoms with van der Waals surface area (Å²) in [5.74, 6) is -0.122. The molecule has 0 fully saturated rings. The molecule has 0 aromatic heterocycles. The smallest absolute Gasteiger partial charge is 0.123 e. The summed E-state index contributed by atoms with van der Waals surface area (Å²) in [6.07, 6.45) is -0.716. The van der Waals surface area contributed by atoms with E-state index in [-0.39, 0.29) is 11.7 Å². The highest BCUT2D eigenvalue weighted by molar-refractivity contribution is 6.18. The van der Waals surface area contributed by atoms with Crippen molar-refractivity contribution in [3.63, 3.8) is 0 Å². The van der Waals surface area contributed by atoms with Crippen molar-refractivity contribution in [3.05, 3.63) is 35.6 Å². The number of halogens is 2. The van der Waals surface area contributed by atoms with E-state index in [9.17, 15) is 4.39 Å². The summed E-state index contributed by atoms with van der Waals surface area (Å²) in [4.78, 5) is 0. The Hall–Kier alpha value is -0.640. The molecule has 1 aromatic carbocycles. The van der Waals surface area contributed by atoms with Gasteiger partial charge in [0.05, 0.1) is 5.88 Å². The fourth-order valence-corrected chi connectivity index (χ4v) is 1.00. The van der Waals surface area contributed by atoms with Gasteiger partial charge in [0.1, 0.15) is 12.0 Å². The van der Waals surface area contributed by atoms with Gasteiger partial charge in [-0.25, -0.2) is 4.39 Å². The number of nitrogens with one attached hydrogen (secondary N) is 1. The molecule has 0 radical (unpaired) electrons. The van der Waals surface area contributed by atoms with E-state index in [0.717, 1.165) is 5.56 Å². The highest BCUT2D eigenvalue weighted by Crippen LogP contribution is 2.02. The lowest BCUT2D eigenvalue weighted by Crippen LogP contribution is -2.29. The van der Waals surface area contributed by atoms with Gasteiger partial charge in [-0.15, -0.1) is 11.6 Å². The van der Waals surface area contributed by atoms with E-state index in [1.165, 1.54) is 12.1 Å². The van der Waals surface area contributed by atoms with Crippen LogP contribution in [0.3, 0.4) is 0 Å². The summed E-state index contributed by atoms with van der Waals surface area (Å²) in [6, 6.07) is 6.07. The van der Waals surface area contributed by atoms with Gasteiger partial charge in [0.25, 0.3) is 0 Å². The third-order valence-corrected chi connectivity index (χ3v) is 1.89. The molecule has 0 saturated carbocycles. The number of hydrogen-bond donors (Lipinski definition) is 2. The van der Waals surface area contributed by atoms with Crippen LogP contribution in [0.1, 0.15) is 5.56 Å². The number of aliphatic hydroxyl groups excluding tert-OH is 1. The third kappa shape index (κ3) is 3.72. The first-order valence-corrected chi connectivity index (χ1v) is 4.47. The Labute approximate surface area is 81.3 Å². The fourth-order valence-electron chi connectivity index (χ4n) is 0.892. The molecule has 2 nitrogen and oxygen atoms in total. The van der Waals surface area contributed by atoms with E-state index >= 15 is 0 Å². The molecular formula is C9H11ClFNO. The van der Waals surface area contributed by atoms with Crippen LogP contribution in [0.15, 0.2) is 24.3 Å². The van der Waals surface area contributed by atoms with E-state index in [0.29, 0.717) is 6.54 Å². The number of alkyl halides is 1. The molecule has 13 heavy (non-hydrogen) atoms. The predicted molar refractivity (Wildman–Crippen MR) is 50.0 cm³/mol. The predicted octanol–water partition coefficient (Wildman–Crippen LogP) is 1.47. The molecule has 0 amide bonds. The largest absolute Gasteiger partial charge is 0.377 e. The Bertz CT molecular complexity index is 252. The van der Waals surface area contributed by atoms with Crippen molar-refractivity contribution in [2.45, 2.75) is 12.8 Å². The highest BCUT2D eigenvalue weighted by Gasteiger charge is 2.00. The van der Waals surface area contributed by atoms with Gasteiger partial charge in [0, 0.05) is 6.54 Å². The first-order chi connectivity index (χ1) is 6.22. The average molecular weight is 204 g/mol. The zero-order valence-corrected chi connectivity index (χ0v) is 7.76. The SMILES string of the molecule is OC(CCl)NCc1ccc(F)cc1. The lowest BCUT2D eigenvalue weighted by atomic mass is 10.2. The summed E-state index contributed by atoms with van der Waals surface area (Å²) < 4.78 is 12.5. The van der Waals surface area contributed by atoms with Crippen molar-refractivity contribution in [3.8, 4) is 0 Å². The minimum Gasteiger partial charge on any atom is -0.377 e. The van der Waals surface area contributed by atoms with Crippen LogP contribution in [0.5, 0.6) is 0 Å². The highest BCUT2D eigenvalue weighted by atomic mass is 35.5. The van der Waals surface area contributed by atoms with E-state index in [2.05, 4.69) is 5.32 Å². The van der Waals surface area contributed by atoms with Crippen LogP contribution >= 0.6 is 11.6 Å². The van der Waals surface area contributed by atoms with Gasteiger partial charge in [-0.05, 0) is 17.7 Å². The maximum atomic E-state index is 12.5. The molecule has 0 heterocycles. The standard InChI is InChI=1S/C9H11ClFNO/c10-5-9(13)12-6-7-1-3-8(11)4-2-7/h1-4,9,12-13H,5-6H2. The van der Waals surface area contributed by atoms with Gasteiger partial charge in [-0.2, -0.15) is 0 Å². The molecule has 1 rings (SSSR count). The maximum Gasteiger partial charge on any atom is 0.123 e. The molecule has 72 valence electrons. The third-order valence-electron chi connectivity index (χ3n) is 1.60. The molecule has 0 aliphatic heterocycles. The molecule has 2 N–H and O–H groups in total. The van der Waals surface area contributed by atoms with Gasteiger partial charge in [0.15, 0.2) is 0 Å². The van der Waals surface area contributed by atoms with Crippen molar-refractivity contribution in [2.75, 3.05) is 5.88 Å². The summed E-state index contributed by atoms with van der Waals surface area (Å²) in [5.41, 5.74) is 0.908. The molecule has 0 saturated heterocycles. The van der Waals surface area contributed by atoms with Crippen LogP contribution < -0.4 is 5.32 Å². The van der Waals surface area contributed by atoms with Crippen molar-refractivity contribution in [1.82, 2.24) is 5.32 Å². The second kappa shape index (κ2) is 5.17. The summed E-state index contributed by atoms with van der Waals surface area (Å²) in [5, 5.41) is 11.8. The van der Waals surface area contributed by atoms with Crippen LogP contribution in [-0.2, 0) is 6.54 Å². The first-order valence-electron chi connectivity index (χ1n) is 3.94. The van der Waals surface area contributed by atoms with Gasteiger partial charge in [-0.3, -0.25) is 5.32 Å². The van der Waals surface area contributed by atoms with Crippen LogP contribution in [0.25, 0.3) is 0 Å². The Morgan fingerprint density at radius 1 is 1.38 bits per heavy atom. The Balaban J connectivity index is 2.41. The number of aliphatic hydroxyl groups is 1. The zero-order chi connectivity index (χ0) is 9.68. The summed E-state index contributed by atoms with van der Waals surface area (Å²) >= 11 is 5.37. The van der Waals surface area contributed by atoms with Gasteiger partial charge in [-0.1, -0.05) is 12.1 Å². The van der Waals surface area contributed by atoms with Crippen molar-refractivity contribution >= 4 is 11.6 Å². The number of benzene rings is 1. The molecular weight excluding hydrogens is 193 g/mol. The summed E-state index contributed by atoms with van der Waals surface area (Å²) in [6.45, 7) is 0.480. The van der Waals surface area contributed by atoms with E-state index < -0.39 is 6.23 Å². The number of rotatable bonds is 4. The molecule has 0 spiro atoms. The lowest BCUT2D eigenvalue weighted by Gasteiger charge is -2.08. The van der Waals surface area contributed by atoms with Gasteiger partial charge in [0.2, 0.25) is 0 Å². The van der Waals surface area contributed by atoms with Crippen LogP contribution in [0, 0.1) is 5.82 Å². The maximum absolute atomic E-state index is 12.5. The average Bonchev–Trinajstić information content (AvgIpc) is 2.16. The monoisotopic (exact) mass is 203 g/mol. The second-order valence-corrected chi connectivity index (χ2v) is 2.99. The summed E-state index contributed by atoms with van der Waals surface area (Å²) in [7, 11) is 0. The van der Waals surface area contributed by atoms with E-state index in [4.69, 9.17) is 16.7 Å². The molecule has 1 atom stereocenters. The van der Waals surface area contributed by atoms with Gasteiger partial charge >= 0.3 is 0 Å². The second-order valence-electron chi connectivity index (χ2n) is 2.68. The molecule has 1 aromatic rings. The van der Waals surface area contributed by atoms with Crippen LogP contribution in [0.2, 0.25) is 0 Å². The van der Waals surface area contributed by atoms with Gasteiger partial charge < -0.3 is 5.11 Å². The topological polar surface area (TPSA) is 32.3 Å². The van der Waals surface area contributed by atoms with Crippen LogP contribution in [0.4, 0.5) is 4.39 Å².